The molecule has 2 saturated heterocycles. The van der Waals surface area contributed by atoms with Gasteiger partial charge in [-0.2, -0.15) is 0 Å². The van der Waals surface area contributed by atoms with Crippen LogP contribution >= 0.6 is 15.9 Å². The second-order valence-corrected chi connectivity index (χ2v) is 6.30. The zero-order valence-electron chi connectivity index (χ0n) is 11.3. The Kier molecular flexibility index (Phi) is 3.85. The van der Waals surface area contributed by atoms with Crippen LogP contribution in [0.2, 0.25) is 0 Å². The molecule has 2 aliphatic heterocycles. The molecular formula is C14H16BrN3O2. The van der Waals surface area contributed by atoms with E-state index < -0.39 is 5.97 Å². The number of hydrogen-bond acceptors (Lipinski definition) is 5. The zero-order valence-corrected chi connectivity index (χ0v) is 12.8. The fraction of sp³-hybridized carbons (Fsp3) is 0.500. The third kappa shape index (κ3) is 2.76. The van der Waals surface area contributed by atoms with Crippen molar-refractivity contribution in [3.63, 3.8) is 0 Å². The molecule has 0 N–H and O–H groups in total. The number of nitrogens with zero attached hydrogens (tertiary/aromatic N) is 3. The van der Waals surface area contributed by atoms with Crippen LogP contribution < -0.4 is 0 Å². The van der Waals surface area contributed by atoms with Gasteiger partial charge in [-0.25, -0.2) is 4.79 Å². The maximum Gasteiger partial charge on any atom is 0.367 e. The molecule has 0 aliphatic carbocycles. The fourth-order valence-corrected chi connectivity index (χ4v) is 3.33. The molecule has 0 unspecified atom stereocenters. The van der Waals surface area contributed by atoms with Crippen molar-refractivity contribution in [1.29, 1.82) is 0 Å². The first kappa shape index (κ1) is 13.7. The highest BCUT2D eigenvalue weighted by molar-refractivity contribution is 9.10. The van der Waals surface area contributed by atoms with Gasteiger partial charge >= 0.3 is 5.97 Å². The molecule has 5 nitrogen and oxygen atoms in total. The van der Waals surface area contributed by atoms with Crippen LogP contribution in [0.25, 0.3) is 0 Å². The van der Waals surface area contributed by atoms with Crippen molar-refractivity contribution in [2.75, 3.05) is 7.05 Å². The standard InChI is InChI=1S/C14H16BrN3O2/c1-18-12-2-3-13(18)6-11(5-12)17-20-14(19)9-4-10(15)8-16-7-9/h4,7-8,12-13H,2-3,5-6H2,1H3/t12-,13-/m1/s1. The van der Waals surface area contributed by atoms with E-state index in [1.807, 2.05) is 0 Å². The predicted octanol–water partition coefficient (Wildman–Crippen LogP) is 2.61. The second-order valence-electron chi connectivity index (χ2n) is 5.39. The Morgan fingerprint density at radius 3 is 2.75 bits per heavy atom. The normalized spacial score (nSPS) is 25.6. The number of carbonyl (C=O) groups excluding carboxylic acids is 1. The Morgan fingerprint density at radius 1 is 1.40 bits per heavy atom. The lowest BCUT2D eigenvalue weighted by Gasteiger charge is -2.31. The molecule has 0 amide bonds. The lowest BCUT2D eigenvalue weighted by molar-refractivity contribution is 0.0510. The van der Waals surface area contributed by atoms with Gasteiger partial charge in [0, 0.05) is 41.8 Å². The van der Waals surface area contributed by atoms with Crippen LogP contribution in [0.3, 0.4) is 0 Å². The molecule has 0 radical (unpaired) electrons. The lowest BCUT2D eigenvalue weighted by Crippen LogP contribution is -2.40. The molecule has 3 heterocycles. The van der Waals surface area contributed by atoms with E-state index >= 15 is 0 Å². The summed E-state index contributed by atoms with van der Waals surface area (Å²) in [5.74, 6) is -0.461. The highest BCUT2D eigenvalue weighted by Crippen LogP contribution is 2.32. The van der Waals surface area contributed by atoms with E-state index in [0.717, 1.165) is 23.0 Å². The molecule has 1 aromatic heterocycles. The van der Waals surface area contributed by atoms with Crippen LogP contribution in [0.15, 0.2) is 28.1 Å². The van der Waals surface area contributed by atoms with Crippen LogP contribution in [0.4, 0.5) is 0 Å². The average Bonchev–Trinajstić information content (AvgIpc) is 2.66. The van der Waals surface area contributed by atoms with E-state index in [2.05, 4.69) is 38.0 Å². The Labute approximate surface area is 126 Å². The van der Waals surface area contributed by atoms with Gasteiger partial charge in [0.15, 0.2) is 0 Å². The van der Waals surface area contributed by atoms with Gasteiger partial charge in [-0.15, -0.1) is 0 Å². The quantitative estimate of drug-likeness (QED) is 0.614. The van der Waals surface area contributed by atoms with Crippen LogP contribution in [-0.4, -0.2) is 40.7 Å². The van der Waals surface area contributed by atoms with Crippen molar-refractivity contribution in [3.05, 3.63) is 28.5 Å². The summed E-state index contributed by atoms with van der Waals surface area (Å²) in [6.45, 7) is 0. The van der Waals surface area contributed by atoms with Gasteiger partial charge in [0.1, 0.15) is 0 Å². The van der Waals surface area contributed by atoms with Crippen LogP contribution in [-0.2, 0) is 4.84 Å². The summed E-state index contributed by atoms with van der Waals surface area (Å²) in [5, 5.41) is 4.06. The number of halogens is 1. The topological polar surface area (TPSA) is 54.8 Å². The van der Waals surface area contributed by atoms with E-state index in [1.165, 1.54) is 19.0 Å². The third-order valence-corrected chi connectivity index (χ3v) is 4.56. The summed E-state index contributed by atoms with van der Waals surface area (Å²) in [6.07, 6.45) is 7.32. The van der Waals surface area contributed by atoms with Gasteiger partial charge in [0.05, 0.1) is 11.3 Å². The van der Waals surface area contributed by atoms with Gasteiger partial charge in [0.2, 0.25) is 0 Å². The van der Waals surface area contributed by atoms with Crippen LogP contribution in [0, 0.1) is 0 Å². The Morgan fingerprint density at radius 2 is 2.10 bits per heavy atom. The summed E-state index contributed by atoms with van der Waals surface area (Å²) >= 11 is 3.28. The van der Waals surface area contributed by atoms with E-state index in [0.29, 0.717) is 17.6 Å². The molecule has 3 rings (SSSR count). The zero-order chi connectivity index (χ0) is 14.1. The van der Waals surface area contributed by atoms with Gasteiger partial charge in [0.25, 0.3) is 0 Å². The van der Waals surface area contributed by atoms with E-state index in [1.54, 1.807) is 12.3 Å². The number of pyridine rings is 1. The smallest absolute Gasteiger partial charge is 0.313 e. The summed E-state index contributed by atoms with van der Waals surface area (Å²) in [7, 11) is 2.16. The molecule has 0 saturated carbocycles. The minimum atomic E-state index is -0.461. The number of rotatable bonds is 2. The van der Waals surface area contributed by atoms with Crippen molar-refractivity contribution < 1.29 is 9.63 Å². The first-order chi connectivity index (χ1) is 9.63. The molecule has 106 valence electrons. The SMILES string of the molecule is CN1[C@@H]2CC[C@@H]1CC(=NOC(=O)c1cncc(Br)c1)C2. The lowest BCUT2D eigenvalue weighted by atomic mass is 10.0. The first-order valence-electron chi connectivity index (χ1n) is 6.73. The predicted molar refractivity (Wildman–Crippen MR) is 78.6 cm³/mol. The molecule has 6 heteroatoms. The number of aromatic nitrogens is 1. The highest BCUT2D eigenvalue weighted by atomic mass is 79.9. The van der Waals surface area contributed by atoms with Gasteiger partial charge in [-0.05, 0) is 41.9 Å². The number of oxime groups is 1. The average molecular weight is 338 g/mol. The number of fused-ring (bicyclic) bond motifs is 2. The van der Waals surface area contributed by atoms with Crippen LogP contribution in [0.5, 0.6) is 0 Å². The maximum atomic E-state index is 11.9. The minimum absolute atomic E-state index is 0.402. The van der Waals surface area contributed by atoms with E-state index in [-0.39, 0.29) is 0 Å². The van der Waals surface area contributed by atoms with Crippen molar-refractivity contribution in [2.24, 2.45) is 5.16 Å². The second kappa shape index (κ2) is 5.61. The number of piperidine rings is 1. The highest BCUT2D eigenvalue weighted by Gasteiger charge is 2.36. The molecule has 1 aromatic rings. The van der Waals surface area contributed by atoms with Crippen molar-refractivity contribution in [2.45, 2.75) is 37.8 Å². The molecule has 2 atom stereocenters. The van der Waals surface area contributed by atoms with Crippen molar-refractivity contribution in [3.8, 4) is 0 Å². The summed E-state index contributed by atoms with van der Waals surface area (Å²) in [5.41, 5.74) is 1.39. The monoisotopic (exact) mass is 337 g/mol. The fourth-order valence-electron chi connectivity index (χ4n) is 2.97. The molecule has 2 aliphatic rings. The molecule has 20 heavy (non-hydrogen) atoms. The first-order valence-corrected chi connectivity index (χ1v) is 7.52. The van der Waals surface area contributed by atoms with Gasteiger partial charge in [-0.3, -0.25) is 9.88 Å². The Bertz CT molecular complexity index is 545. The summed E-state index contributed by atoms with van der Waals surface area (Å²) in [6, 6.07) is 2.78. The summed E-state index contributed by atoms with van der Waals surface area (Å²) < 4.78 is 0.747. The Hall–Kier alpha value is -1.27. The third-order valence-electron chi connectivity index (χ3n) is 4.13. The van der Waals surface area contributed by atoms with Gasteiger partial charge in [-0.1, -0.05) is 5.16 Å². The molecule has 0 aromatic carbocycles. The number of hydrogen-bond donors (Lipinski definition) is 0. The van der Waals surface area contributed by atoms with E-state index in [9.17, 15) is 4.79 Å². The Balaban J connectivity index is 1.64. The maximum absolute atomic E-state index is 11.9. The largest absolute Gasteiger partial charge is 0.367 e. The molecule has 2 fully saturated rings. The minimum Gasteiger partial charge on any atom is -0.313 e. The van der Waals surface area contributed by atoms with Crippen molar-refractivity contribution in [1.82, 2.24) is 9.88 Å². The summed E-state index contributed by atoms with van der Waals surface area (Å²) in [4.78, 5) is 23.3. The van der Waals surface area contributed by atoms with Gasteiger partial charge < -0.3 is 4.84 Å². The number of carbonyl (C=O) groups is 1. The molecule has 0 spiro atoms. The van der Waals surface area contributed by atoms with Crippen molar-refractivity contribution >= 4 is 27.6 Å². The van der Waals surface area contributed by atoms with E-state index in [4.69, 9.17) is 4.84 Å². The molecular weight excluding hydrogens is 322 g/mol. The van der Waals surface area contributed by atoms with Crippen LogP contribution in [0.1, 0.15) is 36.0 Å². The molecule has 2 bridgehead atoms.